The molecule has 31 heavy (non-hydrogen) atoms. The molecule has 2 aromatic heterocycles. The van der Waals surface area contributed by atoms with Crippen molar-refractivity contribution in [3.05, 3.63) is 42.3 Å². The Morgan fingerprint density at radius 3 is 2.48 bits per heavy atom. The van der Waals surface area contributed by atoms with Gasteiger partial charge in [-0.15, -0.1) is 0 Å². The van der Waals surface area contributed by atoms with Gasteiger partial charge >= 0.3 is 6.18 Å². The average Bonchev–Trinajstić information content (AvgIpc) is 2.98. The second kappa shape index (κ2) is 7.49. The molecule has 6 nitrogen and oxygen atoms in total. The third-order valence-corrected chi connectivity index (χ3v) is 7.01. The van der Waals surface area contributed by atoms with Gasteiger partial charge in [-0.3, -0.25) is 4.98 Å². The van der Waals surface area contributed by atoms with E-state index in [-0.39, 0.29) is 6.04 Å². The summed E-state index contributed by atoms with van der Waals surface area (Å²) in [7, 11) is -4.42. The Kier molecular flexibility index (Phi) is 5.21. The molecule has 1 aromatic carbocycles. The van der Waals surface area contributed by atoms with Gasteiger partial charge in [0.15, 0.2) is 11.6 Å². The number of aromatic hydroxyl groups is 1. The number of phenols is 1. The van der Waals surface area contributed by atoms with Crippen LogP contribution in [0.4, 0.5) is 17.6 Å². The molecule has 1 atom stereocenters. The van der Waals surface area contributed by atoms with Crippen molar-refractivity contribution in [1.82, 2.24) is 14.3 Å². The molecule has 1 aliphatic rings. The van der Waals surface area contributed by atoms with Crippen molar-refractivity contribution in [1.29, 1.82) is 0 Å². The van der Waals surface area contributed by atoms with E-state index in [1.807, 2.05) is 4.57 Å². The van der Waals surface area contributed by atoms with Crippen molar-refractivity contribution in [2.45, 2.75) is 49.3 Å². The highest BCUT2D eigenvalue weighted by Gasteiger charge is 2.39. The Morgan fingerprint density at radius 1 is 1.23 bits per heavy atom. The first-order valence-electron chi connectivity index (χ1n) is 9.56. The number of alkyl halides is 3. The molecular formula is C20H19F4N3O3S. The number of rotatable bonds is 5. The molecule has 2 heterocycles. The first-order valence-corrected chi connectivity index (χ1v) is 11.0. The third kappa shape index (κ3) is 3.99. The van der Waals surface area contributed by atoms with E-state index < -0.39 is 38.7 Å². The van der Waals surface area contributed by atoms with Gasteiger partial charge in [-0.1, -0.05) is 0 Å². The van der Waals surface area contributed by atoms with Gasteiger partial charge in [0.25, 0.3) is 0 Å². The van der Waals surface area contributed by atoms with Crippen molar-refractivity contribution in [2.75, 3.05) is 0 Å². The number of pyridine rings is 1. The number of benzene rings is 1. The fourth-order valence-corrected chi connectivity index (χ4v) is 4.70. The summed E-state index contributed by atoms with van der Waals surface area (Å²) in [6, 6.07) is 4.69. The summed E-state index contributed by atoms with van der Waals surface area (Å²) in [6.07, 6.45) is -0.932. The number of sulfonamides is 1. The number of nitrogens with zero attached hydrogens (tertiary/aromatic N) is 2. The van der Waals surface area contributed by atoms with E-state index in [4.69, 9.17) is 0 Å². The van der Waals surface area contributed by atoms with E-state index >= 15 is 0 Å². The Balaban J connectivity index is 1.73. The van der Waals surface area contributed by atoms with E-state index in [0.29, 0.717) is 29.2 Å². The number of phenolic OH excluding ortho intramolecular Hbond substituents is 1. The van der Waals surface area contributed by atoms with Crippen LogP contribution >= 0.6 is 0 Å². The minimum absolute atomic E-state index is 0.122. The van der Waals surface area contributed by atoms with Crippen molar-refractivity contribution >= 4 is 20.9 Å². The van der Waals surface area contributed by atoms with Gasteiger partial charge in [-0.2, -0.15) is 17.9 Å². The van der Waals surface area contributed by atoms with E-state index in [2.05, 4.69) is 4.98 Å². The minimum Gasteiger partial charge on any atom is -0.505 e. The molecule has 1 fully saturated rings. The zero-order valence-corrected chi connectivity index (χ0v) is 17.1. The third-order valence-electron chi connectivity index (χ3n) is 5.48. The molecule has 0 amide bonds. The Hall–Kier alpha value is -2.66. The molecule has 0 spiro atoms. The van der Waals surface area contributed by atoms with Crippen molar-refractivity contribution in [2.24, 2.45) is 0 Å². The fraction of sp³-hybridized carbons (Fsp3) is 0.350. The van der Waals surface area contributed by atoms with Crippen LogP contribution in [0.3, 0.4) is 0 Å². The number of aromatic nitrogens is 2. The summed E-state index contributed by atoms with van der Waals surface area (Å²) in [4.78, 5) is 3.75. The van der Waals surface area contributed by atoms with Gasteiger partial charge in [0.05, 0.1) is 16.9 Å². The summed E-state index contributed by atoms with van der Waals surface area (Å²) < 4.78 is 80.0. The summed E-state index contributed by atoms with van der Waals surface area (Å²) >= 11 is 0. The molecule has 2 N–H and O–H groups in total. The lowest BCUT2D eigenvalue weighted by molar-refractivity contribution is -0.147. The van der Waals surface area contributed by atoms with Crippen molar-refractivity contribution in [3.63, 3.8) is 0 Å². The predicted octanol–water partition coefficient (Wildman–Crippen LogP) is 4.50. The lowest BCUT2D eigenvalue weighted by Crippen LogP contribution is -2.42. The SMILES string of the molecule is C[C@H](NS(=O)(=O)c1ccc(-c2cc3cc(F)c(O)cc3n2C2CCC2)nc1)C(F)(F)F. The van der Waals surface area contributed by atoms with Crippen LogP contribution in [-0.2, 0) is 10.0 Å². The summed E-state index contributed by atoms with van der Waals surface area (Å²) in [5, 5.41) is 10.3. The van der Waals surface area contributed by atoms with Crippen LogP contribution < -0.4 is 4.72 Å². The van der Waals surface area contributed by atoms with Crippen molar-refractivity contribution in [3.8, 4) is 17.1 Å². The lowest BCUT2D eigenvalue weighted by atomic mass is 9.92. The summed E-state index contributed by atoms with van der Waals surface area (Å²) in [6.45, 7) is 0.713. The van der Waals surface area contributed by atoms with Gasteiger partial charge in [-0.05, 0) is 50.5 Å². The quantitative estimate of drug-likeness (QED) is 0.553. The molecule has 0 bridgehead atoms. The molecule has 1 aliphatic carbocycles. The van der Waals surface area contributed by atoms with Crippen molar-refractivity contribution < 1.29 is 31.1 Å². The van der Waals surface area contributed by atoms with Gasteiger partial charge < -0.3 is 9.67 Å². The monoisotopic (exact) mass is 457 g/mol. The van der Waals surface area contributed by atoms with E-state index in [9.17, 15) is 31.1 Å². The van der Waals surface area contributed by atoms with Crippen LogP contribution in [0.15, 0.2) is 41.4 Å². The largest absolute Gasteiger partial charge is 0.505 e. The van der Waals surface area contributed by atoms with Crippen LogP contribution in [-0.4, -0.2) is 35.3 Å². The molecule has 1 saturated carbocycles. The minimum atomic E-state index is -4.72. The molecule has 0 saturated heterocycles. The van der Waals surface area contributed by atoms with Crippen LogP contribution in [0, 0.1) is 5.82 Å². The average molecular weight is 457 g/mol. The zero-order chi connectivity index (χ0) is 22.6. The smallest absolute Gasteiger partial charge is 0.404 e. The maximum atomic E-state index is 13.8. The maximum absolute atomic E-state index is 13.8. The Labute approximate surface area is 175 Å². The van der Waals surface area contributed by atoms with Crippen LogP contribution in [0.1, 0.15) is 32.2 Å². The Bertz CT molecular complexity index is 1230. The highest BCUT2D eigenvalue weighted by atomic mass is 32.2. The predicted molar refractivity (Wildman–Crippen MR) is 106 cm³/mol. The summed E-state index contributed by atoms with van der Waals surface area (Å²) in [5.41, 5.74) is 1.61. The summed E-state index contributed by atoms with van der Waals surface area (Å²) in [5.74, 6) is -1.24. The molecule has 3 aromatic rings. The van der Waals surface area contributed by atoms with E-state index in [0.717, 1.165) is 25.5 Å². The maximum Gasteiger partial charge on any atom is 0.404 e. The number of hydrogen-bond acceptors (Lipinski definition) is 4. The van der Waals surface area contributed by atoms with Crippen LogP contribution in [0.5, 0.6) is 5.75 Å². The number of nitrogens with one attached hydrogen (secondary N) is 1. The normalized spacial score (nSPS) is 16.4. The second-order valence-electron chi connectivity index (χ2n) is 7.61. The van der Waals surface area contributed by atoms with E-state index in [1.165, 1.54) is 24.3 Å². The Morgan fingerprint density at radius 2 is 1.94 bits per heavy atom. The second-order valence-corrected chi connectivity index (χ2v) is 9.32. The van der Waals surface area contributed by atoms with Gasteiger partial charge in [0.2, 0.25) is 10.0 Å². The van der Waals surface area contributed by atoms with Gasteiger partial charge in [-0.25, -0.2) is 12.8 Å². The van der Waals surface area contributed by atoms with Crippen LogP contribution in [0.2, 0.25) is 0 Å². The fourth-order valence-electron chi connectivity index (χ4n) is 3.53. The number of halogens is 4. The molecule has 166 valence electrons. The molecule has 0 aliphatic heterocycles. The van der Waals surface area contributed by atoms with E-state index in [1.54, 1.807) is 10.8 Å². The standard InChI is InChI=1S/C20H19F4N3O3S/c1-11(20(22,23)24)26-31(29,30)14-5-6-16(25-10-14)18-8-12-7-15(21)19(28)9-17(12)27(18)13-3-2-4-13/h5-11,13,26,28H,2-4H2,1H3/t11-/m0/s1. The molecular weight excluding hydrogens is 438 g/mol. The molecule has 4 rings (SSSR count). The highest BCUT2D eigenvalue weighted by molar-refractivity contribution is 7.89. The van der Waals surface area contributed by atoms with Crippen LogP contribution in [0.25, 0.3) is 22.3 Å². The topological polar surface area (TPSA) is 84.2 Å². The van der Waals surface area contributed by atoms with Gasteiger partial charge in [0, 0.05) is 23.7 Å². The molecule has 0 radical (unpaired) electrons. The highest BCUT2D eigenvalue weighted by Crippen LogP contribution is 2.41. The van der Waals surface area contributed by atoms with Gasteiger partial charge in [0.1, 0.15) is 10.9 Å². The zero-order valence-electron chi connectivity index (χ0n) is 16.3. The lowest BCUT2D eigenvalue weighted by Gasteiger charge is -2.30. The molecule has 0 unspecified atom stereocenters. The first kappa shape index (κ1) is 21.6. The number of fused-ring (bicyclic) bond motifs is 1. The number of hydrogen-bond donors (Lipinski definition) is 2. The molecule has 11 heteroatoms. The first-order chi connectivity index (χ1) is 14.5.